The van der Waals surface area contributed by atoms with E-state index in [0.717, 1.165) is 25.3 Å². The predicted octanol–water partition coefficient (Wildman–Crippen LogP) is 3.24. The van der Waals surface area contributed by atoms with Crippen molar-refractivity contribution >= 4 is 18.8 Å². The minimum atomic E-state index is -3.63. The Morgan fingerprint density at radius 2 is 1.45 bits per heavy atom. The number of nitrogens with zero attached hydrogens (tertiary/aromatic N) is 3. The maximum Gasteiger partial charge on any atom is 0.500 e. The van der Waals surface area contributed by atoms with E-state index in [2.05, 4.69) is 9.43 Å². The Kier molecular flexibility index (Phi) is 11.5. The molecule has 0 aromatic heterocycles. The standard InChI is InChI=1S/C12H27N3O5SSi/c1-4-18-22(19-5-2,20-6-3)12-10-8-7-9-11-21(16,17)15-14-13/h4-12H2,1-3H3. The molecule has 22 heavy (non-hydrogen) atoms. The summed E-state index contributed by atoms with van der Waals surface area (Å²) in [6, 6.07) is 0.728. The van der Waals surface area contributed by atoms with Crippen molar-refractivity contribution in [3.05, 3.63) is 10.4 Å². The summed E-state index contributed by atoms with van der Waals surface area (Å²) in [5.74, 6) is -0.109. The van der Waals surface area contributed by atoms with Crippen molar-refractivity contribution in [2.24, 2.45) is 4.52 Å². The minimum absolute atomic E-state index is 0.109. The fourth-order valence-corrected chi connectivity index (χ4v) is 5.52. The Morgan fingerprint density at radius 1 is 0.955 bits per heavy atom. The molecule has 0 aromatic rings. The number of rotatable bonds is 14. The van der Waals surface area contributed by atoms with E-state index < -0.39 is 18.8 Å². The normalized spacial score (nSPS) is 12.1. The van der Waals surface area contributed by atoms with Gasteiger partial charge < -0.3 is 13.3 Å². The molecular weight excluding hydrogens is 326 g/mol. The van der Waals surface area contributed by atoms with Crippen LogP contribution in [-0.2, 0) is 23.3 Å². The van der Waals surface area contributed by atoms with Gasteiger partial charge in [0.05, 0.1) is 5.75 Å². The quantitative estimate of drug-likeness (QED) is 0.156. The second-order valence-electron chi connectivity index (χ2n) is 4.60. The van der Waals surface area contributed by atoms with Gasteiger partial charge in [0.25, 0.3) is 0 Å². The van der Waals surface area contributed by atoms with Crippen molar-refractivity contribution in [2.75, 3.05) is 25.6 Å². The van der Waals surface area contributed by atoms with Crippen molar-refractivity contribution < 1.29 is 21.7 Å². The molecule has 0 amide bonds. The smallest absolute Gasteiger partial charge is 0.374 e. The lowest BCUT2D eigenvalue weighted by molar-refractivity contribution is 0.0706. The predicted molar refractivity (Wildman–Crippen MR) is 86.8 cm³/mol. The third-order valence-corrected chi connectivity index (χ3v) is 7.17. The Labute approximate surface area is 134 Å². The second-order valence-corrected chi connectivity index (χ2v) is 9.07. The van der Waals surface area contributed by atoms with E-state index >= 15 is 0 Å². The molecule has 0 aliphatic rings. The molecule has 0 aliphatic heterocycles. The highest BCUT2D eigenvalue weighted by molar-refractivity contribution is 7.89. The first kappa shape index (κ1) is 21.4. The van der Waals surface area contributed by atoms with Crippen LogP contribution < -0.4 is 0 Å². The minimum Gasteiger partial charge on any atom is -0.374 e. The van der Waals surface area contributed by atoms with Crippen LogP contribution in [0.5, 0.6) is 0 Å². The summed E-state index contributed by atoms with van der Waals surface area (Å²) in [5, 5.41) is 0. The zero-order chi connectivity index (χ0) is 16.9. The van der Waals surface area contributed by atoms with Gasteiger partial charge in [-0.1, -0.05) is 12.8 Å². The van der Waals surface area contributed by atoms with E-state index in [9.17, 15) is 8.42 Å². The van der Waals surface area contributed by atoms with Gasteiger partial charge in [0, 0.05) is 35.3 Å². The Hall–Kier alpha value is -0.643. The summed E-state index contributed by atoms with van der Waals surface area (Å²) < 4.78 is 42.4. The largest absolute Gasteiger partial charge is 0.500 e. The lowest BCUT2D eigenvalue weighted by Gasteiger charge is -2.28. The average molecular weight is 354 g/mol. The summed E-state index contributed by atoms with van der Waals surface area (Å²) in [7, 11) is -6.22. The molecule has 0 rings (SSSR count). The first-order valence-electron chi connectivity index (χ1n) is 7.66. The summed E-state index contributed by atoms with van der Waals surface area (Å²) >= 11 is 0. The molecule has 0 atom stereocenters. The number of unbranched alkanes of at least 4 members (excludes halogenated alkanes) is 3. The highest BCUT2D eigenvalue weighted by atomic mass is 32.2. The fraction of sp³-hybridized carbons (Fsp3) is 1.00. The van der Waals surface area contributed by atoms with Crippen molar-refractivity contribution in [1.82, 2.24) is 0 Å². The van der Waals surface area contributed by atoms with E-state index in [1.807, 2.05) is 20.8 Å². The van der Waals surface area contributed by atoms with Crippen LogP contribution in [0.3, 0.4) is 0 Å². The number of hydrogen-bond acceptors (Lipinski definition) is 5. The molecule has 0 unspecified atom stereocenters. The van der Waals surface area contributed by atoms with Crippen molar-refractivity contribution in [3.8, 4) is 0 Å². The summed E-state index contributed by atoms with van der Waals surface area (Å²) in [4.78, 5) is 2.31. The van der Waals surface area contributed by atoms with Crippen LogP contribution in [0.25, 0.3) is 10.4 Å². The Morgan fingerprint density at radius 3 is 1.91 bits per heavy atom. The molecule has 0 N–H and O–H groups in total. The van der Waals surface area contributed by atoms with E-state index in [0.29, 0.717) is 26.2 Å². The van der Waals surface area contributed by atoms with Gasteiger partial charge in [-0.2, -0.15) is 0 Å². The Balaban J connectivity index is 4.15. The third kappa shape index (κ3) is 9.39. The van der Waals surface area contributed by atoms with Gasteiger partial charge in [0.15, 0.2) is 0 Å². The van der Waals surface area contributed by atoms with E-state index in [-0.39, 0.29) is 5.75 Å². The molecular formula is C12H27N3O5SSi. The van der Waals surface area contributed by atoms with Gasteiger partial charge in [0.2, 0.25) is 10.0 Å². The highest BCUT2D eigenvalue weighted by Gasteiger charge is 2.39. The van der Waals surface area contributed by atoms with Crippen LogP contribution in [0.4, 0.5) is 0 Å². The zero-order valence-electron chi connectivity index (χ0n) is 13.7. The van der Waals surface area contributed by atoms with Crippen molar-refractivity contribution in [1.29, 1.82) is 0 Å². The fourth-order valence-electron chi connectivity index (χ4n) is 2.08. The molecule has 130 valence electrons. The lowest BCUT2D eigenvalue weighted by Crippen LogP contribution is -2.45. The molecule has 0 saturated heterocycles. The topological polar surface area (TPSA) is 111 Å². The highest BCUT2D eigenvalue weighted by Crippen LogP contribution is 2.20. The van der Waals surface area contributed by atoms with Gasteiger partial charge in [-0.25, -0.2) is 8.42 Å². The van der Waals surface area contributed by atoms with E-state index in [1.165, 1.54) is 0 Å². The first-order chi connectivity index (χ1) is 10.4. The monoisotopic (exact) mass is 353 g/mol. The maximum atomic E-state index is 11.2. The molecule has 0 aromatic carbocycles. The number of azide groups is 1. The number of hydrogen-bond donors (Lipinski definition) is 0. The average Bonchev–Trinajstić information content (AvgIpc) is 2.43. The first-order valence-corrected chi connectivity index (χ1v) is 11.2. The summed E-state index contributed by atoms with van der Waals surface area (Å²) in [6.07, 6.45) is 2.93. The summed E-state index contributed by atoms with van der Waals surface area (Å²) in [5.41, 5.74) is 8.13. The van der Waals surface area contributed by atoms with Gasteiger partial charge in [-0.15, -0.1) is 0 Å². The SMILES string of the molecule is CCO[Si](CCCCCCS(=O)(=O)N=[N+]=[N-])(OCC)OCC. The molecule has 0 aliphatic carbocycles. The van der Waals surface area contributed by atoms with Gasteiger partial charge >= 0.3 is 8.80 Å². The number of sulfonamides is 1. The van der Waals surface area contributed by atoms with Crippen LogP contribution in [0.1, 0.15) is 46.5 Å². The molecule has 0 saturated carbocycles. The third-order valence-electron chi connectivity index (χ3n) is 2.89. The maximum absolute atomic E-state index is 11.2. The zero-order valence-corrected chi connectivity index (χ0v) is 15.5. The molecule has 0 heterocycles. The van der Waals surface area contributed by atoms with Crippen molar-refractivity contribution in [2.45, 2.75) is 52.5 Å². The van der Waals surface area contributed by atoms with Gasteiger partial charge in [-0.3, -0.25) is 0 Å². The van der Waals surface area contributed by atoms with Crippen LogP contribution in [-0.4, -0.2) is 42.8 Å². The molecule has 0 spiro atoms. The van der Waals surface area contributed by atoms with Crippen LogP contribution in [0.15, 0.2) is 4.52 Å². The van der Waals surface area contributed by atoms with Gasteiger partial charge in [-0.05, 0) is 39.1 Å². The second kappa shape index (κ2) is 11.9. The molecule has 0 bridgehead atoms. The molecule has 8 nitrogen and oxygen atoms in total. The van der Waals surface area contributed by atoms with E-state index in [4.69, 9.17) is 18.8 Å². The van der Waals surface area contributed by atoms with Crippen LogP contribution in [0, 0.1) is 0 Å². The lowest BCUT2D eigenvalue weighted by atomic mass is 10.2. The van der Waals surface area contributed by atoms with Crippen LogP contribution >= 0.6 is 0 Å². The molecule has 0 radical (unpaired) electrons. The molecule has 0 fully saturated rings. The van der Waals surface area contributed by atoms with Crippen LogP contribution in [0.2, 0.25) is 6.04 Å². The van der Waals surface area contributed by atoms with Gasteiger partial charge in [0.1, 0.15) is 0 Å². The van der Waals surface area contributed by atoms with E-state index in [1.54, 1.807) is 0 Å². The Bertz CT molecular complexity index is 423. The summed E-state index contributed by atoms with van der Waals surface area (Å²) in [6.45, 7) is 7.41. The van der Waals surface area contributed by atoms with Crippen molar-refractivity contribution in [3.63, 3.8) is 0 Å². The molecule has 10 heteroatoms.